The number of rotatable bonds is 10. The van der Waals surface area contributed by atoms with Crippen LogP contribution in [-0.2, 0) is 49.3 Å². The first-order chi connectivity index (χ1) is 40.0. The van der Waals surface area contributed by atoms with Gasteiger partial charge < -0.3 is 9.47 Å². The minimum absolute atomic E-state index is 0. The molecule has 12 aromatic carbocycles. The zero-order valence-electron chi connectivity index (χ0n) is 45.7. The Morgan fingerprint density at radius 3 is 0.843 bits per heavy atom. The number of hydrogen-bond donors (Lipinski definition) is 0. The zero-order valence-corrected chi connectivity index (χ0v) is 53.2. The van der Waals surface area contributed by atoms with Gasteiger partial charge in [0.05, 0.1) is 27.4 Å². The van der Waals surface area contributed by atoms with Gasteiger partial charge in [0.25, 0.3) is 0 Å². The summed E-state index contributed by atoms with van der Waals surface area (Å²) in [4.78, 5) is 6.69. The summed E-state index contributed by atoms with van der Waals surface area (Å²) in [6.45, 7) is 13.6. The smallest absolute Gasteiger partial charge is 0 e. The molecule has 0 saturated heterocycles. The molecular formula is C72H62Cl2Fe2N2O2P2Ru. The third-order valence-electron chi connectivity index (χ3n) is 12.1. The molecule has 0 fully saturated rings. The second-order valence-corrected chi connectivity index (χ2v) is 24.8. The Hall–Kier alpha value is -7.16. The van der Waals surface area contributed by atoms with Gasteiger partial charge in [0.15, 0.2) is 22.9 Å². The van der Waals surface area contributed by atoms with Gasteiger partial charge in [0.2, 0.25) is 0 Å². The Balaban J connectivity index is 0.000000223. The molecule has 0 radical (unpaired) electrons. The van der Waals surface area contributed by atoms with Crippen molar-refractivity contribution in [3.8, 4) is 33.8 Å². The number of halogens is 2. The summed E-state index contributed by atoms with van der Waals surface area (Å²) in [5.41, 5.74) is 6.12. The van der Waals surface area contributed by atoms with Gasteiger partial charge in [-0.3, -0.25) is 0 Å². The number of methoxy groups -OCH3 is 2. The molecule has 0 amide bonds. The first-order valence-corrected chi connectivity index (χ1v) is 33.3. The van der Waals surface area contributed by atoms with E-state index in [1.165, 1.54) is 43.0 Å². The van der Waals surface area contributed by atoms with Crippen molar-refractivity contribution in [2.45, 2.75) is 0 Å². The summed E-state index contributed by atoms with van der Waals surface area (Å²) < 4.78 is 11.2. The van der Waals surface area contributed by atoms with Gasteiger partial charge in [0, 0.05) is 34.1 Å². The van der Waals surface area contributed by atoms with Crippen LogP contribution in [0.1, 0.15) is 0 Å². The van der Waals surface area contributed by atoms with E-state index in [4.69, 9.17) is 42.0 Å². The molecule has 0 N–H and O–H groups in total. The Morgan fingerprint density at radius 2 is 0.614 bits per heavy atom. The summed E-state index contributed by atoms with van der Waals surface area (Å²) in [6.07, 6.45) is 0. The average Bonchev–Trinajstić information content (AvgIpc) is 4.59. The predicted molar refractivity (Wildman–Crippen MR) is 349 cm³/mol. The van der Waals surface area contributed by atoms with Crippen molar-refractivity contribution in [2.75, 3.05) is 14.2 Å². The molecule has 83 heavy (non-hydrogen) atoms. The standard InChI is InChI=1S/2C19H17OP.2C12H8N.2C5H5.2ClH.2Fe.Ru/c2*1-20-18-14-8-9-15-19(18)21(16-10-4-2-5-11-16)17-12-6-3-7-13-17;2*1-13-12-8-6-11(7-9-12)10-4-2-3-5-10;2*1-2-4-5-3-1;;;;;/h2*2-15H,1H3;2*2-9H;2*1-5H;2*1H;;;/q;;4*-1;;;;;+4. The molecule has 0 bridgehead atoms. The Kier molecular flexibility index (Phi) is 33.7. The topological polar surface area (TPSA) is 27.2 Å². The Labute approximate surface area is 531 Å². The van der Waals surface area contributed by atoms with Crippen LogP contribution in [0.25, 0.3) is 31.9 Å². The number of hydrogen-bond acceptors (Lipinski definition) is 2. The normalized spacial score (nSPS) is 9.49. The van der Waals surface area contributed by atoms with Crippen LogP contribution in [0.5, 0.6) is 11.5 Å². The van der Waals surface area contributed by atoms with Crippen molar-refractivity contribution in [1.82, 2.24) is 0 Å². The van der Waals surface area contributed by atoms with Crippen LogP contribution in [0, 0.1) is 13.1 Å². The minimum Gasteiger partial charge on any atom is -0.214 e. The fourth-order valence-corrected chi connectivity index (χ4v) is 13.7. The van der Waals surface area contributed by atoms with Crippen LogP contribution in [0.15, 0.2) is 328 Å². The second kappa shape index (κ2) is 40.9. The molecule has 0 aliphatic rings. The summed E-state index contributed by atoms with van der Waals surface area (Å²) >= 11 is -0.346. The Morgan fingerprint density at radius 1 is 0.361 bits per heavy atom. The molecule has 4 nitrogen and oxygen atoms in total. The number of benzene rings is 8. The minimum atomic E-state index is -1.04. The van der Waals surface area contributed by atoms with E-state index < -0.39 is 15.8 Å². The van der Waals surface area contributed by atoms with Gasteiger partial charge in [-0.15, -0.1) is 59.7 Å². The van der Waals surface area contributed by atoms with E-state index in [1.54, 1.807) is 14.2 Å². The molecule has 12 aromatic rings. The van der Waals surface area contributed by atoms with E-state index in [0.717, 1.165) is 22.6 Å². The average molecular weight is 1330 g/mol. The number of nitrogens with zero attached hydrogens (tertiary/aromatic N) is 2. The molecular weight excluding hydrogens is 1270 g/mol. The van der Waals surface area contributed by atoms with Gasteiger partial charge in [-0.05, 0) is 72.8 Å². The third-order valence-corrected chi connectivity index (χ3v) is 17.6. The van der Waals surface area contributed by atoms with Crippen LogP contribution in [0.4, 0.5) is 11.4 Å². The summed E-state index contributed by atoms with van der Waals surface area (Å²) in [5, 5.41) is 8.08. The van der Waals surface area contributed by atoms with Crippen molar-refractivity contribution in [2.24, 2.45) is 0 Å². The molecule has 11 heteroatoms. The van der Waals surface area contributed by atoms with E-state index in [1.807, 2.05) is 158 Å². The van der Waals surface area contributed by atoms with Gasteiger partial charge >= 0.3 is 34.5 Å². The Bertz CT molecular complexity index is 3210. The molecule has 0 aliphatic heterocycles. The molecule has 0 aliphatic carbocycles. The summed E-state index contributed by atoms with van der Waals surface area (Å²) in [5.74, 6) is 1.94. The quantitative estimate of drug-likeness (QED) is 0.0775. The van der Waals surface area contributed by atoms with Crippen molar-refractivity contribution >= 4 is 78.4 Å². The van der Waals surface area contributed by atoms with Crippen molar-refractivity contribution in [3.05, 3.63) is 350 Å². The zero-order chi connectivity index (χ0) is 57.0. The van der Waals surface area contributed by atoms with Crippen molar-refractivity contribution in [1.29, 1.82) is 0 Å². The molecule has 0 saturated carbocycles. The SMILES string of the molecule is COc1ccccc1[PH+](c1ccccc1)c1ccccc1.COc1ccccc1[PH+](c1ccccc1)c1ccccc1.[C-]#[N+]c1ccc(-[c-]2cccc2)cc1.[C-]#[N+]c1ccc(-[c-]2cccc2)cc1.[Cl][Ru+2][Cl].[Fe].[Fe].c1cc[cH-]c1.c1cc[cH-]c1. The molecule has 0 spiro atoms. The number of para-hydroxylation sites is 2. The molecule has 0 unspecified atom stereocenters. The fourth-order valence-electron chi connectivity index (χ4n) is 8.31. The summed E-state index contributed by atoms with van der Waals surface area (Å²) in [6, 6.07) is 111. The third kappa shape index (κ3) is 23.2. The van der Waals surface area contributed by atoms with Crippen LogP contribution in [-0.4, -0.2) is 14.2 Å². The molecule has 0 heterocycles. The first-order valence-electron chi connectivity index (χ1n) is 25.8. The van der Waals surface area contributed by atoms with E-state index in [2.05, 4.69) is 180 Å². The maximum Gasteiger partial charge on any atom is 0 e. The molecule has 0 atom stereocenters. The van der Waals surface area contributed by atoms with E-state index in [0.29, 0.717) is 11.4 Å². The second-order valence-electron chi connectivity index (χ2n) is 17.3. The van der Waals surface area contributed by atoms with Gasteiger partial charge in [-0.25, -0.2) is 34.0 Å². The van der Waals surface area contributed by atoms with Gasteiger partial charge in [-0.2, -0.15) is 60.7 Å². The maximum absolute atomic E-state index is 6.81. The van der Waals surface area contributed by atoms with Crippen molar-refractivity contribution in [3.63, 3.8) is 0 Å². The van der Waals surface area contributed by atoms with Crippen LogP contribution in [0.3, 0.4) is 0 Å². The largest absolute Gasteiger partial charge is 0.214 e. The summed E-state index contributed by atoms with van der Waals surface area (Å²) in [7, 11) is 11.1. The van der Waals surface area contributed by atoms with E-state index in [-0.39, 0.29) is 49.3 Å². The van der Waals surface area contributed by atoms with Crippen LogP contribution < -0.4 is 41.3 Å². The first kappa shape index (κ1) is 68.3. The number of ether oxygens (including phenoxy) is 2. The maximum atomic E-state index is 6.81. The molecule has 420 valence electrons. The predicted octanol–water partition coefficient (Wildman–Crippen LogP) is 17.8. The van der Waals surface area contributed by atoms with Crippen LogP contribution >= 0.6 is 35.2 Å². The van der Waals surface area contributed by atoms with Gasteiger partial charge in [-0.1, -0.05) is 132 Å². The van der Waals surface area contributed by atoms with Gasteiger partial charge in [0.1, 0.15) is 47.7 Å². The molecule has 0 aromatic heterocycles. The molecule has 12 rings (SSSR count). The monoisotopic (exact) mass is 1330 g/mol. The van der Waals surface area contributed by atoms with E-state index >= 15 is 0 Å². The fraction of sp³-hybridized carbons (Fsp3) is 0.0278. The van der Waals surface area contributed by atoms with Crippen LogP contribution in [0.2, 0.25) is 0 Å². The van der Waals surface area contributed by atoms with E-state index in [9.17, 15) is 0 Å². The van der Waals surface area contributed by atoms with Crippen molar-refractivity contribution < 1.29 is 58.8 Å².